The summed E-state index contributed by atoms with van der Waals surface area (Å²) in [5.74, 6) is -0.380. The summed E-state index contributed by atoms with van der Waals surface area (Å²) < 4.78 is 0. The van der Waals surface area contributed by atoms with Crippen molar-refractivity contribution in [2.45, 2.75) is 6.92 Å². The Morgan fingerprint density at radius 1 is 1.11 bits per heavy atom. The molecule has 1 aromatic carbocycles. The van der Waals surface area contributed by atoms with E-state index in [9.17, 15) is 9.59 Å². The summed E-state index contributed by atoms with van der Waals surface area (Å²) in [6, 6.07) is 12.2. The van der Waals surface area contributed by atoms with Gasteiger partial charge in [0.2, 0.25) is 0 Å². The number of amides is 1. The average molecular weight is 254 g/mol. The van der Waals surface area contributed by atoms with Gasteiger partial charge in [0.25, 0.3) is 5.91 Å². The Morgan fingerprint density at radius 3 is 2.53 bits per heavy atom. The molecule has 4 heteroatoms. The lowest BCUT2D eigenvalue weighted by Gasteiger charge is -2.05. The van der Waals surface area contributed by atoms with Gasteiger partial charge < -0.3 is 5.32 Å². The van der Waals surface area contributed by atoms with Crippen molar-refractivity contribution >= 4 is 11.7 Å². The molecule has 0 unspecified atom stereocenters. The van der Waals surface area contributed by atoms with E-state index in [0.29, 0.717) is 11.1 Å². The first-order chi connectivity index (χ1) is 9.16. The first-order valence-corrected chi connectivity index (χ1v) is 5.96. The molecule has 0 saturated carbocycles. The number of carbonyl (C=O) groups excluding carboxylic acids is 2. The van der Waals surface area contributed by atoms with E-state index < -0.39 is 0 Å². The van der Waals surface area contributed by atoms with Crippen molar-refractivity contribution in [3.63, 3.8) is 0 Å². The molecule has 1 aromatic heterocycles. The van der Waals surface area contributed by atoms with Gasteiger partial charge in [0.05, 0.1) is 6.54 Å². The Kier molecular flexibility index (Phi) is 4.03. The Labute approximate surface area is 111 Å². The van der Waals surface area contributed by atoms with Gasteiger partial charge in [0.15, 0.2) is 5.78 Å². The highest BCUT2D eigenvalue weighted by molar-refractivity contribution is 6.02. The molecule has 0 aliphatic carbocycles. The van der Waals surface area contributed by atoms with Gasteiger partial charge in [-0.25, -0.2) is 0 Å². The van der Waals surface area contributed by atoms with Crippen molar-refractivity contribution in [2.24, 2.45) is 0 Å². The number of aryl methyl sites for hydroxylation is 1. The summed E-state index contributed by atoms with van der Waals surface area (Å²) in [4.78, 5) is 27.7. The molecule has 4 nitrogen and oxygen atoms in total. The van der Waals surface area contributed by atoms with E-state index >= 15 is 0 Å². The molecule has 0 spiro atoms. The first kappa shape index (κ1) is 13.0. The largest absolute Gasteiger partial charge is 0.345 e. The molecule has 1 amide bonds. The Bertz CT molecular complexity index is 594. The van der Waals surface area contributed by atoms with E-state index in [2.05, 4.69) is 10.3 Å². The predicted molar refractivity (Wildman–Crippen MR) is 72.1 cm³/mol. The van der Waals surface area contributed by atoms with Gasteiger partial charge in [-0.1, -0.05) is 30.3 Å². The topological polar surface area (TPSA) is 59.1 Å². The van der Waals surface area contributed by atoms with Crippen molar-refractivity contribution in [1.29, 1.82) is 0 Å². The fraction of sp³-hybridized carbons (Fsp3) is 0.133. The predicted octanol–water partition coefficient (Wildman–Crippen LogP) is 2.00. The maximum atomic E-state index is 11.8. The van der Waals surface area contributed by atoms with Gasteiger partial charge in [-0.3, -0.25) is 14.6 Å². The van der Waals surface area contributed by atoms with Gasteiger partial charge in [0.1, 0.15) is 0 Å². The van der Waals surface area contributed by atoms with E-state index in [0.717, 1.165) is 5.69 Å². The number of nitrogens with zero attached hydrogens (tertiary/aromatic N) is 1. The van der Waals surface area contributed by atoms with E-state index in [1.165, 1.54) is 0 Å². The van der Waals surface area contributed by atoms with Crippen molar-refractivity contribution in [2.75, 3.05) is 6.54 Å². The lowest BCUT2D eigenvalue weighted by Crippen LogP contribution is -2.29. The van der Waals surface area contributed by atoms with Crippen LogP contribution >= 0.6 is 0 Å². The molecule has 2 rings (SSSR count). The summed E-state index contributed by atoms with van der Waals surface area (Å²) in [5, 5.41) is 2.61. The normalized spacial score (nSPS) is 9.95. The lowest BCUT2D eigenvalue weighted by atomic mass is 10.1. The Hall–Kier alpha value is -2.49. The zero-order chi connectivity index (χ0) is 13.7. The number of pyridine rings is 1. The van der Waals surface area contributed by atoms with Gasteiger partial charge in [-0.15, -0.1) is 0 Å². The number of nitrogens with one attached hydrogen (secondary N) is 1. The number of ketones is 1. The van der Waals surface area contributed by atoms with Crippen LogP contribution in [0, 0.1) is 6.92 Å². The first-order valence-electron chi connectivity index (χ1n) is 5.96. The molecule has 19 heavy (non-hydrogen) atoms. The second-order valence-corrected chi connectivity index (χ2v) is 4.16. The van der Waals surface area contributed by atoms with Crippen LogP contribution in [0.15, 0.2) is 48.7 Å². The Morgan fingerprint density at radius 2 is 1.84 bits per heavy atom. The van der Waals surface area contributed by atoms with Crippen LogP contribution in [0.3, 0.4) is 0 Å². The van der Waals surface area contributed by atoms with Crippen LogP contribution in [0.5, 0.6) is 0 Å². The summed E-state index contributed by atoms with van der Waals surface area (Å²) in [7, 11) is 0. The minimum Gasteiger partial charge on any atom is -0.345 e. The molecular formula is C15H14N2O2. The Balaban J connectivity index is 1.96. The fourth-order valence-electron chi connectivity index (χ4n) is 1.68. The summed E-state index contributed by atoms with van der Waals surface area (Å²) >= 11 is 0. The third-order valence-corrected chi connectivity index (χ3v) is 2.66. The SMILES string of the molecule is Cc1cc(C(=O)NCC(=O)c2ccccc2)ccn1. The summed E-state index contributed by atoms with van der Waals surface area (Å²) in [6.07, 6.45) is 1.57. The van der Waals surface area contributed by atoms with Crippen LogP contribution in [-0.2, 0) is 0 Å². The number of Topliss-reactive ketones (excluding diaryl/α,β-unsaturated/α-hetero) is 1. The third-order valence-electron chi connectivity index (χ3n) is 2.66. The van der Waals surface area contributed by atoms with E-state index in [-0.39, 0.29) is 18.2 Å². The maximum absolute atomic E-state index is 11.8. The second kappa shape index (κ2) is 5.91. The standard InChI is InChI=1S/C15H14N2O2/c1-11-9-13(7-8-16-11)15(19)17-10-14(18)12-5-3-2-4-6-12/h2-9H,10H2,1H3,(H,17,19). The van der Waals surface area contributed by atoms with Crippen LogP contribution in [0.2, 0.25) is 0 Å². The van der Waals surface area contributed by atoms with Crippen LogP contribution in [-0.4, -0.2) is 23.2 Å². The highest BCUT2D eigenvalue weighted by Crippen LogP contribution is 2.02. The summed E-state index contributed by atoms with van der Waals surface area (Å²) in [6.45, 7) is 1.80. The molecule has 1 heterocycles. The maximum Gasteiger partial charge on any atom is 0.251 e. The van der Waals surface area contributed by atoms with Gasteiger partial charge in [-0.2, -0.15) is 0 Å². The minimum absolute atomic E-state index is 0.00971. The van der Waals surface area contributed by atoms with Crippen LogP contribution < -0.4 is 5.32 Å². The summed E-state index contributed by atoms with van der Waals surface area (Å²) in [5.41, 5.74) is 1.86. The molecule has 0 aliphatic rings. The molecule has 0 bridgehead atoms. The van der Waals surface area contributed by atoms with E-state index in [1.54, 1.807) is 42.6 Å². The smallest absolute Gasteiger partial charge is 0.251 e. The van der Waals surface area contributed by atoms with Crippen molar-refractivity contribution in [3.8, 4) is 0 Å². The number of aromatic nitrogens is 1. The number of hydrogen-bond acceptors (Lipinski definition) is 3. The van der Waals surface area contributed by atoms with Crippen molar-refractivity contribution in [3.05, 3.63) is 65.5 Å². The average Bonchev–Trinajstić information content (AvgIpc) is 2.45. The van der Waals surface area contributed by atoms with Gasteiger partial charge >= 0.3 is 0 Å². The van der Waals surface area contributed by atoms with Crippen LogP contribution in [0.4, 0.5) is 0 Å². The number of rotatable bonds is 4. The number of benzene rings is 1. The van der Waals surface area contributed by atoms with Crippen LogP contribution in [0.25, 0.3) is 0 Å². The zero-order valence-corrected chi connectivity index (χ0v) is 10.6. The molecule has 0 aliphatic heterocycles. The number of carbonyl (C=O) groups is 2. The molecule has 96 valence electrons. The molecule has 0 atom stereocenters. The highest BCUT2D eigenvalue weighted by atomic mass is 16.2. The minimum atomic E-state index is -0.269. The lowest BCUT2D eigenvalue weighted by molar-refractivity contribution is 0.0904. The number of hydrogen-bond donors (Lipinski definition) is 1. The molecule has 0 saturated heterocycles. The molecule has 1 N–H and O–H groups in total. The molecule has 2 aromatic rings. The molecular weight excluding hydrogens is 240 g/mol. The van der Waals surface area contributed by atoms with Gasteiger partial charge in [0, 0.05) is 23.0 Å². The monoisotopic (exact) mass is 254 g/mol. The van der Waals surface area contributed by atoms with E-state index in [1.807, 2.05) is 13.0 Å². The van der Waals surface area contributed by atoms with Gasteiger partial charge in [-0.05, 0) is 19.1 Å². The molecule has 0 radical (unpaired) electrons. The quantitative estimate of drug-likeness (QED) is 0.849. The van der Waals surface area contributed by atoms with Crippen molar-refractivity contribution < 1.29 is 9.59 Å². The van der Waals surface area contributed by atoms with E-state index in [4.69, 9.17) is 0 Å². The second-order valence-electron chi connectivity index (χ2n) is 4.16. The third kappa shape index (κ3) is 3.48. The highest BCUT2D eigenvalue weighted by Gasteiger charge is 2.09. The zero-order valence-electron chi connectivity index (χ0n) is 10.6. The van der Waals surface area contributed by atoms with Crippen LogP contribution in [0.1, 0.15) is 26.4 Å². The molecule has 0 fully saturated rings. The van der Waals surface area contributed by atoms with Crippen molar-refractivity contribution in [1.82, 2.24) is 10.3 Å². The fourth-order valence-corrected chi connectivity index (χ4v) is 1.68.